The molecule has 0 aliphatic heterocycles. The Morgan fingerprint density at radius 1 is 1.00 bits per heavy atom. The second-order valence-electron chi connectivity index (χ2n) is 3.88. The summed E-state index contributed by atoms with van der Waals surface area (Å²) < 4.78 is 27.4. The normalized spacial score (nSPS) is 10.4. The molecule has 0 atom stereocenters. The molecule has 0 unspecified atom stereocenters. The smallest absolute Gasteiger partial charge is 0.133 e. The van der Waals surface area contributed by atoms with Crippen molar-refractivity contribution in [3.8, 4) is 11.1 Å². The van der Waals surface area contributed by atoms with Gasteiger partial charge in [0.15, 0.2) is 0 Å². The van der Waals surface area contributed by atoms with E-state index in [0.717, 1.165) is 11.3 Å². The Morgan fingerprint density at radius 2 is 1.65 bits per heavy atom. The lowest BCUT2D eigenvalue weighted by Gasteiger charge is -2.10. The van der Waals surface area contributed by atoms with Crippen molar-refractivity contribution in [3.05, 3.63) is 53.6 Å². The molecule has 1 nitrogen and oxygen atoms in total. The lowest BCUT2D eigenvalue weighted by atomic mass is 9.99. The van der Waals surface area contributed by atoms with Crippen molar-refractivity contribution >= 4 is 5.69 Å². The van der Waals surface area contributed by atoms with Gasteiger partial charge >= 0.3 is 0 Å². The molecule has 0 heterocycles. The van der Waals surface area contributed by atoms with Crippen LogP contribution >= 0.6 is 0 Å². The molecule has 0 aliphatic carbocycles. The van der Waals surface area contributed by atoms with Gasteiger partial charge < -0.3 is 5.32 Å². The Labute approximate surface area is 99.1 Å². The van der Waals surface area contributed by atoms with Crippen molar-refractivity contribution in [1.29, 1.82) is 0 Å². The van der Waals surface area contributed by atoms with Crippen LogP contribution in [-0.2, 0) is 0 Å². The number of hydrogen-bond donors (Lipinski definition) is 1. The van der Waals surface area contributed by atoms with E-state index in [4.69, 9.17) is 0 Å². The largest absolute Gasteiger partial charge is 0.388 e. The molecule has 0 saturated heterocycles. The molecule has 0 spiro atoms. The molecule has 88 valence electrons. The van der Waals surface area contributed by atoms with Gasteiger partial charge in [-0.15, -0.1) is 0 Å². The van der Waals surface area contributed by atoms with Gasteiger partial charge in [-0.25, -0.2) is 8.78 Å². The minimum Gasteiger partial charge on any atom is -0.388 e. The van der Waals surface area contributed by atoms with Crippen LogP contribution in [0.3, 0.4) is 0 Å². The zero-order chi connectivity index (χ0) is 12.4. The SMILES string of the molecule is CNc1ccc(C)c(-c2c(F)cccc2F)c1. The highest BCUT2D eigenvalue weighted by atomic mass is 19.1. The molecular formula is C14H13F2N. The number of nitrogens with one attached hydrogen (secondary N) is 1. The van der Waals surface area contributed by atoms with Gasteiger partial charge in [-0.05, 0) is 42.3 Å². The summed E-state index contributed by atoms with van der Waals surface area (Å²) in [5.74, 6) is -1.08. The van der Waals surface area contributed by atoms with Crippen LogP contribution in [0, 0.1) is 18.6 Å². The predicted molar refractivity (Wildman–Crippen MR) is 66.1 cm³/mol. The molecule has 1 N–H and O–H groups in total. The van der Waals surface area contributed by atoms with Gasteiger partial charge in [0.05, 0.1) is 5.56 Å². The highest BCUT2D eigenvalue weighted by molar-refractivity contribution is 5.72. The summed E-state index contributed by atoms with van der Waals surface area (Å²) in [5, 5.41) is 2.96. The van der Waals surface area contributed by atoms with E-state index in [-0.39, 0.29) is 5.56 Å². The lowest BCUT2D eigenvalue weighted by molar-refractivity contribution is 0.589. The van der Waals surface area contributed by atoms with E-state index in [1.54, 1.807) is 13.1 Å². The Bertz CT molecular complexity index is 530. The molecule has 0 aromatic heterocycles. The molecule has 3 heteroatoms. The van der Waals surface area contributed by atoms with Gasteiger partial charge in [0.2, 0.25) is 0 Å². The summed E-state index contributed by atoms with van der Waals surface area (Å²) >= 11 is 0. The number of hydrogen-bond acceptors (Lipinski definition) is 1. The Hall–Kier alpha value is -1.90. The first-order chi connectivity index (χ1) is 8.13. The highest BCUT2D eigenvalue weighted by Gasteiger charge is 2.13. The van der Waals surface area contributed by atoms with Gasteiger partial charge in [0, 0.05) is 12.7 Å². The topological polar surface area (TPSA) is 12.0 Å². The van der Waals surface area contributed by atoms with E-state index >= 15 is 0 Å². The summed E-state index contributed by atoms with van der Waals surface area (Å²) in [5.41, 5.74) is 2.27. The molecule has 2 rings (SSSR count). The molecule has 17 heavy (non-hydrogen) atoms. The molecule has 0 saturated carbocycles. The van der Waals surface area contributed by atoms with Gasteiger partial charge in [-0.1, -0.05) is 12.1 Å². The fourth-order valence-electron chi connectivity index (χ4n) is 1.80. The number of aryl methyl sites for hydroxylation is 1. The Balaban J connectivity index is 2.67. The Morgan fingerprint density at radius 3 is 2.24 bits per heavy atom. The summed E-state index contributed by atoms with van der Waals surface area (Å²) in [7, 11) is 1.77. The minimum atomic E-state index is -0.540. The standard InChI is InChI=1S/C14H13F2N/c1-9-6-7-10(17-2)8-11(9)14-12(15)4-3-5-13(14)16/h3-8,17H,1-2H3. The van der Waals surface area contributed by atoms with E-state index in [2.05, 4.69) is 5.32 Å². The molecule has 0 fully saturated rings. The molecule has 2 aromatic carbocycles. The molecule has 0 amide bonds. The van der Waals surface area contributed by atoms with E-state index in [1.165, 1.54) is 18.2 Å². The maximum absolute atomic E-state index is 13.7. The van der Waals surface area contributed by atoms with Crippen molar-refractivity contribution in [2.75, 3.05) is 12.4 Å². The van der Waals surface area contributed by atoms with Crippen LogP contribution in [0.15, 0.2) is 36.4 Å². The first kappa shape index (κ1) is 11.6. The van der Waals surface area contributed by atoms with Crippen LogP contribution < -0.4 is 5.32 Å². The van der Waals surface area contributed by atoms with Crippen LogP contribution in [0.2, 0.25) is 0 Å². The van der Waals surface area contributed by atoms with Crippen molar-refractivity contribution in [3.63, 3.8) is 0 Å². The van der Waals surface area contributed by atoms with Gasteiger partial charge in [-0.3, -0.25) is 0 Å². The monoisotopic (exact) mass is 233 g/mol. The van der Waals surface area contributed by atoms with E-state index in [1.807, 2.05) is 19.1 Å². The Kier molecular flexibility index (Phi) is 3.09. The highest BCUT2D eigenvalue weighted by Crippen LogP contribution is 2.30. The number of benzene rings is 2. The number of rotatable bonds is 2. The molecule has 2 aromatic rings. The van der Waals surface area contributed by atoms with Crippen LogP contribution in [0.25, 0.3) is 11.1 Å². The van der Waals surface area contributed by atoms with Crippen molar-refractivity contribution in [2.24, 2.45) is 0 Å². The maximum Gasteiger partial charge on any atom is 0.133 e. The number of halogens is 2. The van der Waals surface area contributed by atoms with Crippen LogP contribution in [-0.4, -0.2) is 7.05 Å². The number of anilines is 1. The first-order valence-electron chi connectivity index (χ1n) is 5.36. The quantitative estimate of drug-likeness (QED) is 0.827. The summed E-state index contributed by atoms with van der Waals surface area (Å²) in [6.45, 7) is 1.83. The molecule has 0 aliphatic rings. The van der Waals surface area contributed by atoms with Gasteiger partial charge in [-0.2, -0.15) is 0 Å². The summed E-state index contributed by atoms with van der Waals surface area (Å²) in [6, 6.07) is 9.36. The van der Waals surface area contributed by atoms with Crippen molar-refractivity contribution < 1.29 is 8.78 Å². The zero-order valence-corrected chi connectivity index (χ0v) is 9.72. The minimum absolute atomic E-state index is 0.0297. The lowest BCUT2D eigenvalue weighted by Crippen LogP contribution is -1.94. The van der Waals surface area contributed by atoms with E-state index < -0.39 is 11.6 Å². The third-order valence-electron chi connectivity index (χ3n) is 2.76. The van der Waals surface area contributed by atoms with Crippen LogP contribution in [0.5, 0.6) is 0 Å². The van der Waals surface area contributed by atoms with Gasteiger partial charge in [0.1, 0.15) is 11.6 Å². The van der Waals surface area contributed by atoms with Crippen molar-refractivity contribution in [1.82, 2.24) is 0 Å². The molecule has 0 bridgehead atoms. The predicted octanol–water partition coefficient (Wildman–Crippen LogP) is 3.98. The maximum atomic E-state index is 13.7. The van der Waals surface area contributed by atoms with Gasteiger partial charge in [0.25, 0.3) is 0 Å². The fraction of sp³-hybridized carbons (Fsp3) is 0.143. The second-order valence-corrected chi connectivity index (χ2v) is 3.88. The van der Waals surface area contributed by atoms with E-state index in [9.17, 15) is 8.78 Å². The first-order valence-corrected chi connectivity index (χ1v) is 5.36. The zero-order valence-electron chi connectivity index (χ0n) is 9.72. The second kappa shape index (κ2) is 4.53. The third kappa shape index (κ3) is 2.13. The fourth-order valence-corrected chi connectivity index (χ4v) is 1.80. The summed E-state index contributed by atoms with van der Waals surface area (Å²) in [6.07, 6.45) is 0. The van der Waals surface area contributed by atoms with Crippen LogP contribution in [0.4, 0.5) is 14.5 Å². The average molecular weight is 233 g/mol. The molecular weight excluding hydrogens is 220 g/mol. The summed E-state index contributed by atoms with van der Waals surface area (Å²) in [4.78, 5) is 0. The van der Waals surface area contributed by atoms with Crippen molar-refractivity contribution in [2.45, 2.75) is 6.92 Å². The average Bonchev–Trinajstić information content (AvgIpc) is 2.31. The van der Waals surface area contributed by atoms with E-state index in [0.29, 0.717) is 5.56 Å². The molecule has 0 radical (unpaired) electrons. The third-order valence-corrected chi connectivity index (χ3v) is 2.76. The van der Waals surface area contributed by atoms with Crippen LogP contribution in [0.1, 0.15) is 5.56 Å².